The quantitative estimate of drug-likeness (QED) is 0.279. The summed E-state index contributed by atoms with van der Waals surface area (Å²) in [6, 6.07) is 14.8. The minimum absolute atomic E-state index is 0.102. The molecule has 4 heterocycles. The van der Waals surface area contributed by atoms with Crippen LogP contribution in [-0.4, -0.2) is 88.7 Å². The number of amides is 2. The van der Waals surface area contributed by atoms with Crippen LogP contribution in [0.5, 0.6) is 0 Å². The molecule has 0 radical (unpaired) electrons. The summed E-state index contributed by atoms with van der Waals surface area (Å²) in [6.45, 7) is 7.50. The van der Waals surface area contributed by atoms with Gasteiger partial charge in [0.2, 0.25) is 11.8 Å². The standard InChI is InChI=1S/C31H34N10O3/c1-4-44-31(43)39-30-37-24-15-21(25-17-32-28(36-25)29(42)35-19(2)20-8-6-5-7-9-20)14-22(27(24)38-30)23-16-26(34-18-33-23)41-12-10-40(3)11-13-41/h5-9,14-19,25H,4,10-13H2,1-3H3,(H,35,42)(H2,37,38,39,43)/t19-,25?/m0/s1. The van der Waals surface area contributed by atoms with Crippen LogP contribution in [0.2, 0.25) is 0 Å². The summed E-state index contributed by atoms with van der Waals surface area (Å²) < 4.78 is 5.03. The van der Waals surface area contributed by atoms with Gasteiger partial charge in [0.05, 0.1) is 29.4 Å². The lowest BCUT2D eigenvalue weighted by Gasteiger charge is -2.33. The predicted octanol–water partition coefficient (Wildman–Crippen LogP) is 3.74. The Kier molecular flexibility index (Phi) is 8.28. The van der Waals surface area contributed by atoms with E-state index >= 15 is 0 Å². The Labute approximate surface area is 254 Å². The first-order valence-corrected chi connectivity index (χ1v) is 14.6. The summed E-state index contributed by atoms with van der Waals surface area (Å²) in [7, 11) is 2.11. The van der Waals surface area contributed by atoms with Crippen molar-refractivity contribution in [3.63, 3.8) is 0 Å². The van der Waals surface area contributed by atoms with Crippen LogP contribution in [0.4, 0.5) is 16.6 Å². The van der Waals surface area contributed by atoms with Crippen LogP contribution in [0, 0.1) is 0 Å². The SMILES string of the molecule is CCOC(=O)Nc1nc2cc(C3C=NC(C(=O)N[C@@H](C)c4ccccc4)=N3)cc(-c3cc(N4CCN(C)CC4)ncn3)c2[nH]1. The fourth-order valence-electron chi connectivity index (χ4n) is 5.24. The highest BCUT2D eigenvalue weighted by Crippen LogP contribution is 2.33. The molecule has 6 rings (SSSR count). The molecule has 4 aromatic rings. The summed E-state index contributed by atoms with van der Waals surface area (Å²) in [5.74, 6) is 0.821. The van der Waals surface area contributed by atoms with Gasteiger partial charge in [-0.2, -0.15) is 0 Å². The lowest BCUT2D eigenvalue weighted by atomic mass is 10.0. The third kappa shape index (κ3) is 6.27. The number of benzene rings is 2. The number of aromatic nitrogens is 4. The van der Waals surface area contributed by atoms with Crippen LogP contribution < -0.4 is 15.5 Å². The number of fused-ring (bicyclic) bond motifs is 1. The topological polar surface area (TPSA) is 153 Å². The molecule has 0 aliphatic carbocycles. The van der Waals surface area contributed by atoms with Crippen molar-refractivity contribution in [3.8, 4) is 11.3 Å². The molecule has 3 N–H and O–H groups in total. The molecule has 0 spiro atoms. The number of hydrogen-bond donors (Lipinski definition) is 3. The number of anilines is 2. The molecule has 1 fully saturated rings. The highest BCUT2D eigenvalue weighted by atomic mass is 16.5. The summed E-state index contributed by atoms with van der Waals surface area (Å²) >= 11 is 0. The second-order valence-electron chi connectivity index (χ2n) is 10.7. The van der Waals surface area contributed by atoms with E-state index in [1.807, 2.05) is 55.5 Å². The number of aromatic amines is 1. The van der Waals surface area contributed by atoms with Gasteiger partial charge in [-0.1, -0.05) is 30.3 Å². The van der Waals surface area contributed by atoms with Gasteiger partial charge >= 0.3 is 6.09 Å². The Balaban J connectivity index is 1.32. The minimum atomic E-state index is -0.611. The van der Waals surface area contributed by atoms with Crippen LogP contribution in [0.1, 0.15) is 37.1 Å². The van der Waals surface area contributed by atoms with Crippen LogP contribution in [0.3, 0.4) is 0 Å². The molecule has 0 saturated carbocycles. The van der Waals surface area contributed by atoms with E-state index in [2.05, 4.69) is 57.4 Å². The van der Waals surface area contributed by atoms with Crippen molar-refractivity contribution < 1.29 is 14.3 Å². The Morgan fingerprint density at radius 1 is 1.09 bits per heavy atom. The molecule has 1 saturated heterocycles. The zero-order chi connectivity index (χ0) is 30.6. The first kappa shape index (κ1) is 28.9. The average molecular weight is 595 g/mol. The third-order valence-electron chi connectivity index (χ3n) is 7.66. The predicted molar refractivity (Wildman–Crippen MR) is 169 cm³/mol. The van der Waals surface area contributed by atoms with Crippen molar-refractivity contribution in [1.82, 2.24) is 30.2 Å². The third-order valence-corrected chi connectivity index (χ3v) is 7.66. The normalized spacial score (nSPS) is 17.4. The molecule has 1 unspecified atom stereocenters. The largest absolute Gasteiger partial charge is 0.450 e. The average Bonchev–Trinajstić information content (AvgIpc) is 3.69. The number of aliphatic imine (C=N–C) groups is 2. The Morgan fingerprint density at radius 2 is 1.89 bits per heavy atom. The number of carbonyl (C=O) groups excluding carboxylic acids is 2. The highest BCUT2D eigenvalue weighted by Gasteiger charge is 2.24. The molecule has 2 aromatic heterocycles. The van der Waals surface area contributed by atoms with Crippen molar-refractivity contribution in [2.45, 2.75) is 25.9 Å². The summed E-state index contributed by atoms with van der Waals surface area (Å²) in [5.41, 5.74) is 4.45. The summed E-state index contributed by atoms with van der Waals surface area (Å²) in [4.78, 5) is 55.6. The molecule has 13 nitrogen and oxygen atoms in total. The van der Waals surface area contributed by atoms with E-state index in [0.29, 0.717) is 16.7 Å². The van der Waals surface area contributed by atoms with Gasteiger partial charge in [0, 0.05) is 44.0 Å². The molecule has 2 aliphatic heterocycles. The molecule has 2 aliphatic rings. The fourth-order valence-corrected chi connectivity index (χ4v) is 5.24. The number of carbonyl (C=O) groups is 2. The van der Waals surface area contributed by atoms with E-state index in [0.717, 1.165) is 48.7 Å². The fraction of sp³-hybridized carbons (Fsp3) is 0.323. The number of hydrogen-bond acceptors (Lipinski definition) is 10. The van der Waals surface area contributed by atoms with Gasteiger partial charge in [-0.3, -0.25) is 10.1 Å². The number of ether oxygens (including phenoxy) is 1. The van der Waals surface area contributed by atoms with Crippen LogP contribution in [0.15, 0.2) is 64.8 Å². The van der Waals surface area contributed by atoms with Gasteiger partial charge in [-0.15, -0.1) is 0 Å². The number of imidazole rings is 1. The Bertz CT molecular complexity index is 1730. The lowest BCUT2D eigenvalue weighted by Crippen LogP contribution is -2.44. The van der Waals surface area contributed by atoms with E-state index in [1.54, 1.807) is 19.5 Å². The van der Waals surface area contributed by atoms with Crippen molar-refractivity contribution in [2.75, 3.05) is 50.1 Å². The van der Waals surface area contributed by atoms with Crippen molar-refractivity contribution in [3.05, 3.63) is 66.0 Å². The number of likely N-dealkylation sites (N-methyl/N-ethyl adjacent to an activating group) is 1. The zero-order valence-corrected chi connectivity index (χ0v) is 24.8. The number of amidine groups is 1. The number of H-pyrrole nitrogens is 1. The van der Waals surface area contributed by atoms with Gasteiger partial charge in [0.25, 0.3) is 5.91 Å². The molecule has 0 bridgehead atoms. The minimum Gasteiger partial charge on any atom is -0.450 e. The van der Waals surface area contributed by atoms with E-state index in [-0.39, 0.29) is 30.3 Å². The van der Waals surface area contributed by atoms with Gasteiger partial charge in [0.15, 0.2) is 0 Å². The highest BCUT2D eigenvalue weighted by molar-refractivity contribution is 6.40. The van der Waals surface area contributed by atoms with Gasteiger partial charge in [-0.25, -0.2) is 29.7 Å². The Morgan fingerprint density at radius 3 is 2.66 bits per heavy atom. The van der Waals surface area contributed by atoms with Crippen LogP contribution in [-0.2, 0) is 9.53 Å². The van der Waals surface area contributed by atoms with Crippen LogP contribution >= 0.6 is 0 Å². The maximum absolute atomic E-state index is 13.0. The number of nitrogens with zero attached hydrogens (tertiary/aromatic N) is 7. The molecule has 226 valence electrons. The molecule has 44 heavy (non-hydrogen) atoms. The van der Waals surface area contributed by atoms with Crippen molar-refractivity contribution in [2.24, 2.45) is 9.98 Å². The number of rotatable bonds is 8. The lowest BCUT2D eigenvalue weighted by molar-refractivity contribution is -0.115. The first-order valence-electron chi connectivity index (χ1n) is 14.6. The summed E-state index contributed by atoms with van der Waals surface area (Å²) in [5, 5.41) is 5.61. The van der Waals surface area contributed by atoms with E-state index in [4.69, 9.17) is 4.74 Å². The van der Waals surface area contributed by atoms with E-state index < -0.39 is 12.1 Å². The van der Waals surface area contributed by atoms with Gasteiger partial charge in [-0.05, 0) is 44.2 Å². The number of nitrogens with one attached hydrogen (secondary N) is 3. The van der Waals surface area contributed by atoms with E-state index in [1.165, 1.54) is 0 Å². The maximum Gasteiger partial charge on any atom is 0.413 e. The molecule has 2 atom stereocenters. The Hall–Kier alpha value is -5.17. The molecule has 2 aromatic carbocycles. The van der Waals surface area contributed by atoms with E-state index in [9.17, 15) is 9.59 Å². The number of piperazine rings is 1. The zero-order valence-electron chi connectivity index (χ0n) is 24.8. The van der Waals surface area contributed by atoms with Crippen molar-refractivity contribution >= 4 is 46.9 Å². The summed E-state index contributed by atoms with van der Waals surface area (Å²) in [6.07, 6.45) is 2.59. The molecular formula is C31H34N10O3. The van der Waals surface area contributed by atoms with Crippen LogP contribution in [0.25, 0.3) is 22.3 Å². The second-order valence-corrected chi connectivity index (χ2v) is 10.7. The second kappa shape index (κ2) is 12.6. The molecular weight excluding hydrogens is 560 g/mol. The first-order chi connectivity index (χ1) is 21.4. The monoisotopic (exact) mass is 594 g/mol. The van der Waals surface area contributed by atoms with Gasteiger partial charge in [0.1, 0.15) is 18.2 Å². The molecule has 2 amide bonds. The smallest absolute Gasteiger partial charge is 0.413 e. The van der Waals surface area contributed by atoms with Gasteiger partial charge < -0.3 is 24.8 Å². The van der Waals surface area contributed by atoms with Crippen molar-refractivity contribution in [1.29, 1.82) is 0 Å². The maximum atomic E-state index is 13.0. The molecule has 13 heteroatoms.